The SMILES string of the molecule is C[C@H](C(=O)N1C[C@@H](Oc2cccc(Cl)c2Cl)CCC2=CC3(C=C(F)C3(O)C(F)(F)F)CC=C21)c1ccccc1. The Labute approximate surface area is 233 Å². The van der Waals surface area contributed by atoms with Crippen LogP contribution in [0.4, 0.5) is 17.6 Å². The van der Waals surface area contributed by atoms with Gasteiger partial charge in [0.2, 0.25) is 11.5 Å². The van der Waals surface area contributed by atoms with E-state index in [1.165, 1.54) is 17.1 Å². The molecule has 0 saturated carbocycles. The molecule has 10 heteroatoms. The maximum Gasteiger partial charge on any atom is 0.424 e. The number of carbonyl (C=O) groups is 1. The number of hydrogen-bond acceptors (Lipinski definition) is 3. The highest BCUT2D eigenvalue weighted by molar-refractivity contribution is 6.42. The van der Waals surface area contributed by atoms with E-state index in [2.05, 4.69) is 0 Å². The second kappa shape index (κ2) is 9.98. The van der Waals surface area contributed by atoms with Crippen LogP contribution in [0.1, 0.15) is 37.7 Å². The number of rotatable bonds is 4. The number of fused-ring (bicyclic) bond motifs is 1. The summed E-state index contributed by atoms with van der Waals surface area (Å²) in [6.45, 7) is 1.86. The molecule has 1 heterocycles. The standard InChI is InChI=1S/C29H25Cl2F4NO3/c1-17(18-6-3-2-4-7-18)26(37)36-16-20(39-23-9-5-8-21(30)25(23)31)11-10-19-14-27(13-12-22(19)36)15-24(32)28(27,38)29(33,34)35/h2-9,12,14-15,17,20,38H,10-11,13,16H2,1H3/t17-,20-,27?,28?/m0/s1. The number of nitrogens with zero attached hydrogens (tertiary/aromatic N) is 1. The lowest BCUT2D eigenvalue weighted by Crippen LogP contribution is -2.63. The van der Waals surface area contributed by atoms with Crippen molar-refractivity contribution in [2.24, 2.45) is 5.41 Å². The van der Waals surface area contributed by atoms with Crippen LogP contribution in [0.25, 0.3) is 0 Å². The van der Waals surface area contributed by atoms with E-state index >= 15 is 0 Å². The minimum atomic E-state index is -5.22. The van der Waals surface area contributed by atoms with Gasteiger partial charge in [0, 0.05) is 5.70 Å². The highest BCUT2D eigenvalue weighted by Gasteiger charge is 2.73. The number of benzene rings is 2. The number of likely N-dealkylation sites (tertiary alicyclic amines) is 1. The van der Waals surface area contributed by atoms with Gasteiger partial charge >= 0.3 is 6.18 Å². The Morgan fingerprint density at radius 2 is 1.85 bits per heavy atom. The van der Waals surface area contributed by atoms with Gasteiger partial charge in [-0.15, -0.1) is 0 Å². The smallest absolute Gasteiger partial charge is 0.424 e. The zero-order valence-corrected chi connectivity index (χ0v) is 22.3. The molecule has 2 unspecified atom stereocenters. The fraction of sp³-hybridized carbons (Fsp3) is 0.345. The van der Waals surface area contributed by atoms with Crippen LogP contribution in [0.3, 0.4) is 0 Å². The third-order valence-electron chi connectivity index (χ3n) is 7.77. The van der Waals surface area contributed by atoms with Crippen molar-refractivity contribution < 1.29 is 32.2 Å². The molecule has 1 aliphatic heterocycles. The minimum absolute atomic E-state index is 0.1000. The van der Waals surface area contributed by atoms with Gasteiger partial charge in [-0.05, 0) is 55.5 Å². The molecule has 0 radical (unpaired) electrons. The van der Waals surface area contributed by atoms with Crippen molar-refractivity contribution in [2.75, 3.05) is 6.54 Å². The normalized spacial score (nSPS) is 27.4. The number of allylic oxidation sites excluding steroid dienone is 2. The first-order valence-corrected chi connectivity index (χ1v) is 13.2. The lowest BCUT2D eigenvalue weighted by Gasteiger charge is -2.51. The third-order valence-corrected chi connectivity index (χ3v) is 8.57. The van der Waals surface area contributed by atoms with E-state index in [4.69, 9.17) is 27.9 Å². The van der Waals surface area contributed by atoms with Crippen molar-refractivity contribution >= 4 is 29.1 Å². The number of amides is 1. The Morgan fingerprint density at radius 3 is 2.51 bits per heavy atom. The van der Waals surface area contributed by atoms with E-state index in [1.807, 2.05) is 30.3 Å². The second-order valence-corrected chi connectivity index (χ2v) is 10.9. The van der Waals surface area contributed by atoms with E-state index in [-0.39, 0.29) is 30.3 Å². The van der Waals surface area contributed by atoms with E-state index in [1.54, 1.807) is 25.1 Å². The predicted molar refractivity (Wildman–Crippen MR) is 140 cm³/mol. The Hall–Kier alpha value is -2.81. The molecule has 4 atom stereocenters. The maximum atomic E-state index is 14.2. The summed E-state index contributed by atoms with van der Waals surface area (Å²) in [6.07, 6.45) is -2.02. The number of carbonyl (C=O) groups excluding carboxylic acids is 1. The predicted octanol–water partition coefficient (Wildman–Crippen LogP) is 7.53. The highest BCUT2D eigenvalue weighted by Crippen LogP contribution is 2.62. The molecule has 0 bridgehead atoms. The first kappa shape index (κ1) is 27.7. The molecule has 5 rings (SSSR count). The Balaban J connectivity index is 1.53. The number of alkyl halides is 3. The molecule has 206 valence electrons. The van der Waals surface area contributed by atoms with Crippen LogP contribution in [-0.2, 0) is 4.79 Å². The molecule has 2 aliphatic carbocycles. The highest BCUT2D eigenvalue weighted by atomic mass is 35.5. The summed E-state index contributed by atoms with van der Waals surface area (Å²) >= 11 is 12.5. The van der Waals surface area contributed by atoms with E-state index in [0.717, 1.165) is 11.6 Å². The molecule has 0 aromatic heterocycles. The third kappa shape index (κ3) is 4.56. The monoisotopic (exact) mass is 581 g/mol. The maximum absolute atomic E-state index is 14.2. The van der Waals surface area contributed by atoms with Gasteiger partial charge in [-0.1, -0.05) is 71.8 Å². The fourth-order valence-corrected chi connectivity index (χ4v) is 5.88. The summed E-state index contributed by atoms with van der Waals surface area (Å²) in [7, 11) is 0. The average molecular weight is 582 g/mol. The van der Waals surface area contributed by atoms with Crippen molar-refractivity contribution in [3.05, 3.63) is 99.5 Å². The van der Waals surface area contributed by atoms with Gasteiger partial charge in [0.1, 0.15) is 22.7 Å². The van der Waals surface area contributed by atoms with Crippen molar-refractivity contribution in [3.63, 3.8) is 0 Å². The molecular weight excluding hydrogens is 557 g/mol. The summed E-state index contributed by atoms with van der Waals surface area (Å²) in [5, 5.41) is 11.0. The van der Waals surface area contributed by atoms with Crippen molar-refractivity contribution in [2.45, 2.75) is 50.0 Å². The van der Waals surface area contributed by atoms with Gasteiger partial charge in [0.25, 0.3) is 0 Å². The van der Waals surface area contributed by atoms with Crippen LogP contribution in [0.15, 0.2) is 83.9 Å². The Kier molecular flexibility index (Phi) is 7.10. The van der Waals surface area contributed by atoms with Crippen molar-refractivity contribution in [3.8, 4) is 5.75 Å². The van der Waals surface area contributed by atoms with Crippen molar-refractivity contribution in [1.29, 1.82) is 0 Å². The first-order chi connectivity index (χ1) is 18.4. The molecule has 1 amide bonds. The summed E-state index contributed by atoms with van der Waals surface area (Å²) < 4.78 is 61.9. The molecule has 2 aromatic carbocycles. The number of aliphatic hydroxyl groups is 1. The quantitative estimate of drug-likeness (QED) is 0.380. The largest absolute Gasteiger partial charge is 0.487 e. The minimum Gasteiger partial charge on any atom is -0.487 e. The van der Waals surface area contributed by atoms with E-state index < -0.39 is 35.0 Å². The Bertz CT molecular complexity index is 1390. The first-order valence-electron chi connectivity index (χ1n) is 12.4. The van der Waals surface area contributed by atoms with Gasteiger partial charge in [0.15, 0.2) is 0 Å². The van der Waals surface area contributed by atoms with Gasteiger partial charge < -0.3 is 14.7 Å². The van der Waals surface area contributed by atoms with Gasteiger partial charge in [-0.2, -0.15) is 13.2 Å². The van der Waals surface area contributed by atoms with Crippen LogP contribution in [0, 0.1) is 5.41 Å². The second-order valence-electron chi connectivity index (χ2n) is 10.1. The molecule has 1 N–H and O–H groups in total. The van der Waals surface area contributed by atoms with Crippen LogP contribution >= 0.6 is 23.2 Å². The van der Waals surface area contributed by atoms with E-state index in [9.17, 15) is 27.5 Å². The molecule has 4 nitrogen and oxygen atoms in total. The topological polar surface area (TPSA) is 49.8 Å². The molecule has 2 aromatic rings. The summed E-state index contributed by atoms with van der Waals surface area (Å²) in [5.74, 6) is -2.15. The fourth-order valence-electron chi connectivity index (χ4n) is 5.54. The molecule has 1 fully saturated rings. The van der Waals surface area contributed by atoms with Crippen LogP contribution < -0.4 is 4.74 Å². The number of hydrogen-bond donors (Lipinski definition) is 1. The molecule has 39 heavy (non-hydrogen) atoms. The van der Waals surface area contributed by atoms with E-state index in [0.29, 0.717) is 28.5 Å². The summed E-state index contributed by atoms with van der Waals surface area (Å²) in [5.41, 5.74) is -4.01. The lowest BCUT2D eigenvalue weighted by atomic mass is 9.57. The van der Waals surface area contributed by atoms with Gasteiger partial charge in [-0.25, -0.2) is 4.39 Å². The molecule has 3 aliphatic rings. The molecule has 1 spiro atoms. The summed E-state index contributed by atoms with van der Waals surface area (Å²) in [4.78, 5) is 15.4. The van der Waals surface area contributed by atoms with Gasteiger partial charge in [-0.3, -0.25) is 4.79 Å². The van der Waals surface area contributed by atoms with Crippen LogP contribution in [0.2, 0.25) is 10.0 Å². The van der Waals surface area contributed by atoms with Crippen molar-refractivity contribution in [1.82, 2.24) is 4.90 Å². The molecular formula is C29H25Cl2F4NO3. The Morgan fingerprint density at radius 1 is 1.13 bits per heavy atom. The number of ether oxygens (including phenoxy) is 1. The zero-order valence-electron chi connectivity index (χ0n) is 20.8. The number of halogens is 6. The average Bonchev–Trinajstić information content (AvgIpc) is 3.09. The van der Waals surface area contributed by atoms with Gasteiger partial charge in [0.05, 0.1) is 22.9 Å². The van der Waals surface area contributed by atoms with Crippen LogP contribution in [0.5, 0.6) is 5.75 Å². The lowest BCUT2D eigenvalue weighted by molar-refractivity contribution is -0.288. The molecule has 1 saturated heterocycles. The van der Waals surface area contributed by atoms with Crippen LogP contribution in [-0.4, -0.2) is 40.3 Å². The zero-order chi connectivity index (χ0) is 28.2. The summed E-state index contributed by atoms with van der Waals surface area (Å²) in [6, 6.07) is 14.0.